The zero-order valence-corrected chi connectivity index (χ0v) is 13.5. The van der Waals surface area contributed by atoms with Crippen LogP contribution >= 0.6 is 11.5 Å². The summed E-state index contributed by atoms with van der Waals surface area (Å²) in [6.45, 7) is 7.80. The van der Waals surface area contributed by atoms with Crippen molar-refractivity contribution >= 4 is 30.9 Å². The molecule has 5 heteroatoms. The minimum atomic E-state index is 0.373. The van der Waals surface area contributed by atoms with Crippen molar-refractivity contribution in [2.75, 3.05) is 0 Å². The molecule has 3 nitrogen and oxygen atoms in total. The lowest BCUT2D eigenvalue weighted by Gasteiger charge is -2.11. The van der Waals surface area contributed by atoms with Gasteiger partial charge in [0.05, 0.1) is 11.3 Å². The molecule has 0 unspecified atom stereocenters. The van der Waals surface area contributed by atoms with Crippen molar-refractivity contribution in [2.24, 2.45) is 0 Å². The van der Waals surface area contributed by atoms with E-state index in [2.05, 4.69) is 10.4 Å². The summed E-state index contributed by atoms with van der Waals surface area (Å²) in [5.74, 6) is 0.373. The van der Waals surface area contributed by atoms with Crippen LogP contribution in [-0.2, 0) is 4.65 Å². The van der Waals surface area contributed by atoms with Crippen molar-refractivity contribution in [3.8, 4) is 6.07 Å². The number of hydrogen-bond donors (Lipinski definition) is 0. The molecule has 21 heavy (non-hydrogen) atoms. The Labute approximate surface area is 131 Å². The summed E-state index contributed by atoms with van der Waals surface area (Å²) in [4.78, 5) is 0.974. The van der Waals surface area contributed by atoms with E-state index in [1.165, 1.54) is 11.5 Å². The molecule has 1 aromatic heterocycles. The minimum Gasteiger partial charge on any atom is -0.566 e. The summed E-state index contributed by atoms with van der Waals surface area (Å²) < 4.78 is 9.25. The van der Waals surface area contributed by atoms with Crippen molar-refractivity contribution in [3.05, 3.63) is 52.0 Å². The smallest absolute Gasteiger partial charge is 0.374 e. The molecule has 0 aliphatic carbocycles. The van der Waals surface area contributed by atoms with Gasteiger partial charge in [-0.3, -0.25) is 0 Å². The van der Waals surface area contributed by atoms with Crippen LogP contribution in [0, 0.1) is 25.2 Å². The molecule has 0 amide bonds. The quantitative estimate of drug-likeness (QED) is 0.482. The SMILES string of the molecule is CC.[B]OC(=C(C#N)c1ccccc1)c1c(C)nsc1C. The third-order valence-corrected chi connectivity index (χ3v) is 3.62. The second-order valence-corrected chi connectivity index (χ2v) is 4.98. The molecule has 0 bridgehead atoms. The maximum atomic E-state index is 9.40. The summed E-state index contributed by atoms with van der Waals surface area (Å²) in [5.41, 5.74) is 2.80. The number of nitriles is 1. The molecule has 2 rings (SSSR count). The largest absolute Gasteiger partial charge is 0.566 e. The van der Waals surface area contributed by atoms with Gasteiger partial charge >= 0.3 is 8.05 Å². The molecule has 2 aromatic rings. The molecule has 1 aromatic carbocycles. The molecule has 0 aliphatic rings. The molecule has 0 fully saturated rings. The first kappa shape index (κ1) is 17.0. The first-order chi connectivity index (χ1) is 10.2. The second kappa shape index (κ2) is 8.28. The van der Waals surface area contributed by atoms with Crippen LogP contribution in [0.4, 0.5) is 0 Å². The van der Waals surface area contributed by atoms with E-state index in [9.17, 15) is 5.26 Å². The van der Waals surface area contributed by atoms with Crippen LogP contribution in [0.15, 0.2) is 30.3 Å². The van der Waals surface area contributed by atoms with Gasteiger partial charge in [-0.1, -0.05) is 44.2 Å². The number of rotatable bonds is 3. The summed E-state index contributed by atoms with van der Waals surface area (Å²) in [7, 11) is 5.38. The molecule has 0 N–H and O–H groups in total. The minimum absolute atomic E-state index is 0.373. The van der Waals surface area contributed by atoms with E-state index in [4.69, 9.17) is 12.7 Å². The zero-order valence-electron chi connectivity index (χ0n) is 12.7. The number of nitrogens with zero attached hydrogens (tertiary/aromatic N) is 2. The molecule has 0 saturated carbocycles. The van der Waals surface area contributed by atoms with Crippen molar-refractivity contribution in [2.45, 2.75) is 27.7 Å². The van der Waals surface area contributed by atoms with Crippen LogP contribution in [0.25, 0.3) is 11.3 Å². The van der Waals surface area contributed by atoms with Crippen LogP contribution in [-0.4, -0.2) is 12.4 Å². The second-order valence-electron chi connectivity index (χ2n) is 4.00. The molecule has 106 valence electrons. The summed E-state index contributed by atoms with van der Waals surface area (Å²) in [6.07, 6.45) is 0. The van der Waals surface area contributed by atoms with E-state index < -0.39 is 0 Å². The summed E-state index contributed by atoms with van der Waals surface area (Å²) in [5, 5.41) is 9.40. The van der Waals surface area contributed by atoms with Gasteiger partial charge in [0, 0.05) is 4.88 Å². The Morgan fingerprint density at radius 1 is 1.24 bits per heavy atom. The first-order valence-corrected chi connectivity index (χ1v) is 7.46. The van der Waals surface area contributed by atoms with Crippen LogP contribution < -0.4 is 0 Å². The number of benzene rings is 1. The fourth-order valence-corrected chi connectivity index (χ4v) is 2.60. The Morgan fingerprint density at radius 2 is 1.86 bits per heavy atom. The topological polar surface area (TPSA) is 45.9 Å². The van der Waals surface area contributed by atoms with E-state index in [1.54, 1.807) is 0 Å². The zero-order chi connectivity index (χ0) is 15.8. The van der Waals surface area contributed by atoms with Gasteiger partial charge in [-0.2, -0.15) is 9.64 Å². The Balaban J connectivity index is 0.00000106. The normalized spacial score (nSPS) is 10.8. The lowest BCUT2D eigenvalue weighted by atomic mass is 10.0. The molecule has 0 atom stereocenters. The van der Waals surface area contributed by atoms with Gasteiger partial charge in [0.1, 0.15) is 17.4 Å². The Morgan fingerprint density at radius 3 is 2.29 bits per heavy atom. The van der Waals surface area contributed by atoms with E-state index in [-0.39, 0.29) is 0 Å². The molecular weight excluding hydrogens is 279 g/mol. The molecule has 0 aliphatic heterocycles. The highest BCUT2D eigenvalue weighted by atomic mass is 32.1. The van der Waals surface area contributed by atoms with Gasteiger partial charge < -0.3 is 4.65 Å². The Hall–Kier alpha value is -2.06. The maximum Gasteiger partial charge on any atom is 0.374 e. The van der Waals surface area contributed by atoms with Crippen molar-refractivity contribution < 1.29 is 4.65 Å². The molecular formula is C16H17BN2OS. The highest BCUT2D eigenvalue weighted by Gasteiger charge is 2.18. The third-order valence-electron chi connectivity index (χ3n) is 2.78. The van der Waals surface area contributed by atoms with Crippen LogP contribution in [0.2, 0.25) is 0 Å². The predicted octanol–water partition coefficient (Wildman–Crippen LogP) is 4.28. The number of aryl methyl sites for hydroxylation is 2. The van der Waals surface area contributed by atoms with Crippen LogP contribution in [0.5, 0.6) is 0 Å². The number of hydrogen-bond acceptors (Lipinski definition) is 4. The number of aromatic nitrogens is 1. The van der Waals surface area contributed by atoms with Gasteiger partial charge in [0.25, 0.3) is 0 Å². The van der Waals surface area contributed by atoms with Crippen molar-refractivity contribution in [1.29, 1.82) is 5.26 Å². The van der Waals surface area contributed by atoms with Gasteiger partial charge in [-0.05, 0) is 30.9 Å². The van der Waals surface area contributed by atoms with E-state index in [0.29, 0.717) is 11.3 Å². The first-order valence-electron chi connectivity index (χ1n) is 6.68. The maximum absolute atomic E-state index is 9.40. The Kier molecular flexibility index (Phi) is 6.70. The lowest BCUT2D eigenvalue weighted by molar-refractivity contribution is 0.573. The van der Waals surface area contributed by atoms with Gasteiger partial charge in [-0.15, -0.1) is 0 Å². The van der Waals surface area contributed by atoms with Crippen LogP contribution in [0.3, 0.4) is 0 Å². The third kappa shape index (κ3) is 3.74. The molecule has 1 heterocycles. The highest BCUT2D eigenvalue weighted by molar-refractivity contribution is 7.06. The molecule has 2 radical (unpaired) electrons. The average molecular weight is 296 g/mol. The Bertz CT molecular complexity index is 637. The van der Waals surface area contributed by atoms with Crippen molar-refractivity contribution in [1.82, 2.24) is 4.37 Å². The van der Waals surface area contributed by atoms with Gasteiger partial charge in [0.15, 0.2) is 0 Å². The fourth-order valence-electron chi connectivity index (χ4n) is 1.90. The van der Waals surface area contributed by atoms with Crippen molar-refractivity contribution in [3.63, 3.8) is 0 Å². The van der Waals surface area contributed by atoms with E-state index >= 15 is 0 Å². The number of allylic oxidation sites excluding steroid dienone is 1. The standard InChI is InChI=1S/C14H11BN2OS.C2H6/c1-9-13(10(2)19-17-9)14(18-15)12(8-16)11-6-4-3-5-7-11;1-2/h3-7H,1-2H3;1-2H3. The highest BCUT2D eigenvalue weighted by Crippen LogP contribution is 2.32. The van der Waals surface area contributed by atoms with Crippen LogP contribution in [0.1, 0.15) is 35.5 Å². The van der Waals surface area contributed by atoms with E-state index in [0.717, 1.165) is 21.7 Å². The molecule has 0 spiro atoms. The monoisotopic (exact) mass is 296 g/mol. The lowest BCUT2D eigenvalue weighted by Crippen LogP contribution is -1.96. The molecule has 0 saturated heterocycles. The summed E-state index contributed by atoms with van der Waals surface area (Å²) in [6, 6.07) is 11.5. The average Bonchev–Trinajstić information content (AvgIpc) is 2.87. The predicted molar refractivity (Wildman–Crippen MR) is 88.6 cm³/mol. The van der Waals surface area contributed by atoms with Gasteiger partial charge in [0.2, 0.25) is 0 Å². The van der Waals surface area contributed by atoms with E-state index in [1.807, 2.05) is 58.0 Å². The van der Waals surface area contributed by atoms with Gasteiger partial charge in [-0.25, -0.2) is 0 Å². The fraction of sp³-hybridized carbons (Fsp3) is 0.250. The summed E-state index contributed by atoms with van der Waals surface area (Å²) >= 11 is 1.37.